The van der Waals surface area contributed by atoms with E-state index >= 15 is 0 Å². The van der Waals surface area contributed by atoms with Crippen molar-refractivity contribution in [2.45, 2.75) is 45.2 Å². The van der Waals surface area contributed by atoms with Crippen LogP contribution < -0.4 is 10.6 Å². The fraction of sp³-hybridized carbons (Fsp3) is 0.571. The zero-order valence-corrected chi connectivity index (χ0v) is 17.3. The molecule has 1 unspecified atom stereocenters. The molecule has 7 heteroatoms. The van der Waals surface area contributed by atoms with Gasteiger partial charge in [-0.3, -0.25) is 24.4 Å². The van der Waals surface area contributed by atoms with Crippen molar-refractivity contribution in [2.75, 3.05) is 33.7 Å². The first kappa shape index (κ1) is 21.9. The molecule has 0 bridgehead atoms. The molecule has 1 saturated heterocycles. The van der Waals surface area contributed by atoms with E-state index in [1.165, 1.54) is 10.5 Å². The number of imide groups is 1. The predicted octanol–water partition coefficient (Wildman–Crippen LogP) is 1.60. The second-order valence-electron chi connectivity index (χ2n) is 7.26. The van der Waals surface area contributed by atoms with Crippen molar-refractivity contribution < 1.29 is 9.59 Å². The second-order valence-corrected chi connectivity index (χ2v) is 7.26. The summed E-state index contributed by atoms with van der Waals surface area (Å²) in [5.74, 6) is 0.544. The highest BCUT2D eigenvalue weighted by molar-refractivity contribution is 5.97. The SMILES string of the molecule is CN=C(NCCC(C)N(C)Cc1ccccc1)NCCN1C(=O)CCCC1=O. The van der Waals surface area contributed by atoms with Crippen LogP contribution in [0.2, 0.25) is 0 Å². The van der Waals surface area contributed by atoms with Crippen LogP contribution in [0.5, 0.6) is 0 Å². The summed E-state index contributed by atoms with van der Waals surface area (Å²) < 4.78 is 0. The van der Waals surface area contributed by atoms with Crippen LogP contribution in [0.3, 0.4) is 0 Å². The minimum Gasteiger partial charge on any atom is -0.356 e. The first-order valence-corrected chi connectivity index (χ1v) is 10.0. The zero-order chi connectivity index (χ0) is 20.4. The summed E-state index contributed by atoms with van der Waals surface area (Å²) in [7, 11) is 3.86. The van der Waals surface area contributed by atoms with Gasteiger partial charge in [-0.2, -0.15) is 0 Å². The number of carbonyl (C=O) groups excluding carboxylic acids is 2. The number of guanidine groups is 1. The van der Waals surface area contributed by atoms with Gasteiger partial charge in [0.05, 0.1) is 0 Å². The Morgan fingerprint density at radius 3 is 2.43 bits per heavy atom. The van der Waals surface area contributed by atoms with Crippen molar-refractivity contribution >= 4 is 17.8 Å². The minimum absolute atomic E-state index is 0.0729. The quantitative estimate of drug-likeness (QED) is 0.382. The van der Waals surface area contributed by atoms with Gasteiger partial charge >= 0.3 is 0 Å². The number of nitrogens with one attached hydrogen (secondary N) is 2. The largest absolute Gasteiger partial charge is 0.356 e. The molecule has 1 aliphatic heterocycles. The maximum atomic E-state index is 11.8. The summed E-state index contributed by atoms with van der Waals surface area (Å²) in [6.07, 6.45) is 2.58. The molecule has 154 valence electrons. The Labute approximate surface area is 168 Å². The van der Waals surface area contributed by atoms with E-state index in [-0.39, 0.29) is 11.8 Å². The fourth-order valence-corrected chi connectivity index (χ4v) is 3.20. The van der Waals surface area contributed by atoms with E-state index in [1.54, 1.807) is 7.05 Å². The normalized spacial score (nSPS) is 16.4. The molecule has 1 heterocycles. The van der Waals surface area contributed by atoms with Crippen molar-refractivity contribution in [2.24, 2.45) is 4.99 Å². The first-order chi connectivity index (χ1) is 13.5. The average Bonchev–Trinajstić information content (AvgIpc) is 2.69. The summed E-state index contributed by atoms with van der Waals surface area (Å²) in [6.45, 7) is 4.82. The Bertz CT molecular complexity index is 646. The van der Waals surface area contributed by atoms with Crippen molar-refractivity contribution in [3.05, 3.63) is 35.9 Å². The number of nitrogens with zero attached hydrogens (tertiary/aromatic N) is 3. The predicted molar refractivity (Wildman–Crippen MR) is 112 cm³/mol. The fourth-order valence-electron chi connectivity index (χ4n) is 3.20. The number of piperidine rings is 1. The zero-order valence-electron chi connectivity index (χ0n) is 17.3. The highest BCUT2D eigenvalue weighted by Gasteiger charge is 2.25. The molecule has 1 fully saturated rings. The standard InChI is InChI=1S/C21H33N5O2/c1-17(25(3)16-18-8-5-4-6-9-18)12-13-23-21(22-2)24-14-15-26-19(27)10-7-11-20(26)28/h4-6,8-9,17H,7,10-16H2,1-3H3,(H2,22,23,24). The number of likely N-dealkylation sites (tertiary alicyclic amines) is 1. The van der Waals surface area contributed by atoms with E-state index in [4.69, 9.17) is 0 Å². The van der Waals surface area contributed by atoms with Crippen molar-refractivity contribution in [3.8, 4) is 0 Å². The van der Waals surface area contributed by atoms with Crippen LogP contribution in [0.15, 0.2) is 35.3 Å². The van der Waals surface area contributed by atoms with E-state index in [0.717, 1.165) is 19.5 Å². The van der Waals surface area contributed by atoms with Crippen LogP contribution in [0.4, 0.5) is 0 Å². The van der Waals surface area contributed by atoms with Crippen LogP contribution >= 0.6 is 0 Å². The second kappa shape index (κ2) is 11.4. The lowest BCUT2D eigenvalue weighted by atomic mass is 10.1. The topological polar surface area (TPSA) is 77.0 Å². The number of amides is 2. The molecular weight excluding hydrogens is 354 g/mol. The molecule has 0 aromatic heterocycles. The van der Waals surface area contributed by atoms with Crippen LogP contribution in [0.1, 0.15) is 38.2 Å². The molecule has 28 heavy (non-hydrogen) atoms. The van der Waals surface area contributed by atoms with Crippen LogP contribution in [-0.2, 0) is 16.1 Å². The van der Waals surface area contributed by atoms with Gasteiger partial charge in [0.25, 0.3) is 0 Å². The molecule has 0 aliphatic carbocycles. The highest BCUT2D eigenvalue weighted by atomic mass is 16.2. The number of rotatable bonds is 9. The molecule has 0 radical (unpaired) electrons. The van der Waals surface area contributed by atoms with Crippen LogP contribution in [0, 0.1) is 0 Å². The van der Waals surface area contributed by atoms with Gasteiger partial charge in [-0.15, -0.1) is 0 Å². The van der Waals surface area contributed by atoms with Crippen molar-refractivity contribution in [3.63, 3.8) is 0 Å². The lowest BCUT2D eigenvalue weighted by Crippen LogP contribution is -2.47. The van der Waals surface area contributed by atoms with Crippen LogP contribution in [-0.4, -0.2) is 67.3 Å². The van der Waals surface area contributed by atoms with Gasteiger partial charge in [-0.05, 0) is 32.4 Å². The molecule has 1 aromatic rings. The van der Waals surface area contributed by atoms with Gasteiger partial charge < -0.3 is 10.6 Å². The Morgan fingerprint density at radius 2 is 1.79 bits per heavy atom. The Balaban J connectivity index is 1.66. The molecule has 1 aromatic carbocycles. The van der Waals surface area contributed by atoms with Crippen LogP contribution in [0.25, 0.3) is 0 Å². The summed E-state index contributed by atoms with van der Waals surface area (Å²) in [6, 6.07) is 10.9. The molecule has 2 amide bonds. The third-order valence-electron chi connectivity index (χ3n) is 5.12. The molecular formula is C21H33N5O2. The van der Waals surface area contributed by atoms with E-state index < -0.39 is 0 Å². The Hall–Kier alpha value is -2.41. The lowest BCUT2D eigenvalue weighted by molar-refractivity contribution is -0.147. The molecule has 2 N–H and O–H groups in total. The maximum Gasteiger partial charge on any atom is 0.229 e. The van der Waals surface area contributed by atoms with E-state index in [1.807, 2.05) is 6.07 Å². The van der Waals surface area contributed by atoms with E-state index in [0.29, 0.717) is 44.4 Å². The molecule has 7 nitrogen and oxygen atoms in total. The number of aliphatic imine (C=N–C) groups is 1. The summed E-state index contributed by atoms with van der Waals surface area (Å²) in [5.41, 5.74) is 1.31. The monoisotopic (exact) mass is 387 g/mol. The molecule has 0 spiro atoms. The van der Waals surface area contributed by atoms with Crippen molar-refractivity contribution in [1.29, 1.82) is 0 Å². The van der Waals surface area contributed by atoms with E-state index in [2.05, 4.69) is 58.8 Å². The number of hydrogen-bond donors (Lipinski definition) is 2. The van der Waals surface area contributed by atoms with Gasteiger partial charge in [-0.25, -0.2) is 0 Å². The first-order valence-electron chi connectivity index (χ1n) is 10.0. The summed E-state index contributed by atoms with van der Waals surface area (Å²) in [4.78, 5) is 31.5. The Kier molecular flexibility index (Phi) is 8.94. The van der Waals surface area contributed by atoms with Gasteiger partial charge in [0, 0.05) is 52.1 Å². The van der Waals surface area contributed by atoms with Gasteiger partial charge in [0.2, 0.25) is 11.8 Å². The molecule has 1 atom stereocenters. The van der Waals surface area contributed by atoms with Gasteiger partial charge in [-0.1, -0.05) is 30.3 Å². The summed E-state index contributed by atoms with van der Waals surface area (Å²) in [5, 5.41) is 6.48. The highest BCUT2D eigenvalue weighted by Crippen LogP contribution is 2.11. The minimum atomic E-state index is -0.0729. The van der Waals surface area contributed by atoms with E-state index in [9.17, 15) is 9.59 Å². The maximum absolute atomic E-state index is 11.8. The third-order valence-corrected chi connectivity index (χ3v) is 5.12. The van der Waals surface area contributed by atoms with Gasteiger partial charge in [0.1, 0.15) is 0 Å². The summed E-state index contributed by atoms with van der Waals surface area (Å²) >= 11 is 0. The number of benzene rings is 1. The average molecular weight is 388 g/mol. The Morgan fingerprint density at radius 1 is 1.14 bits per heavy atom. The molecule has 1 aliphatic rings. The smallest absolute Gasteiger partial charge is 0.229 e. The number of carbonyl (C=O) groups is 2. The van der Waals surface area contributed by atoms with Crippen molar-refractivity contribution in [1.82, 2.24) is 20.4 Å². The third kappa shape index (κ3) is 6.96. The molecule has 2 rings (SSSR count). The van der Waals surface area contributed by atoms with Gasteiger partial charge in [0.15, 0.2) is 5.96 Å². The lowest BCUT2D eigenvalue weighted by Gasteiger charge is -2.26. The molecule has 0 saturated carbocycles. The number of hydrogen-bond acceptors (Lipinski definition) is 4.